The molecule has 0 amide bonds. The van der Waals surface area contributed by atoms with E-state index in [0.29, 0.717) is 0 Å². The number of nitrogens with zero attached hydrogens (tertiary/aromatic N) is 1. The lowest BCUT2D eigenvalue weighted by molar-refractivity contribution is 0.0892. The molecule has 0 saturated heterocycles. The van der Waals surface area contributed by atoms with Crippen LogP contribution in [0.5, 0.6) is 5.88 Å². The van der Waals surface area contributed by atoms with Crippen molar-refractivity contribution >= 4 is 6.08 Å². The molecule has 1 atom stereocenters. The minimum Gasteiger partial charge on any atom is -0.469 e. The van der Waals surface area contributed by atoms with Crippen molar-refractivity contribution in [2.45, 2.75) is 6.10 Å². The van der Waals surface area contributed by atoms with E-state index < -0.39 is 12.8 Å². The summed E-state index contributed by atoms with van der Waals surface area (Å²) in [7, 11) is 1.80. The highest BCUT2D eigenvalue weighted by molar-refractivity contribution is 5.53. The van der Waals surface area contributed by atoms with Crippen LogP contribution in [-0.4, -0.2) is 36.5 Å². The number of hydrogen-bond acceptors (Lipinski definition) is 4. The summed E-state index contributed by atoms with van der Waals surface area (Å²) < 4.78 is 17.6. The van der Waals surface area contributed by atoms with E-state index in [1.165, 1.54) is 0 Å². The molecule has 0 radical (unpaired) electrons. The minimum atomic E-state index is -0.876. The van der Waals surface area contributed by atoms with Crippen molar-refractivity contribution in [3.8, 4) is 5.88 Å². The van der Waals surface area contributed by atoms with Gasteiger partial charge in [-0.05, 0) is 23.3 Å². The Balaban J connectivity index is 2.60. The van der Waals surface area contributed by atoms with Crippen LogP contribution < -0.4 is 10.1 Å². The average Bonchev–Trinajstić information content (AvgIpc) is 2.56. The zero-order valence-corrected chi connectivity index (χ0v) is 12.6. The zero-order valence-electron chi connectivity index (χ0n) is 12.6. The molecule has 0 fully saturated rings. The number of likely N-dealkylation sites (N-methyl/N-ethyl adjacent to an activating group) is 1. The summed E-state index contributed by atoms with van der Waals surface area (Å²) in [6.45, 7) is 6.53. The second-order valence-electron chi connectivity index (χ2n) is 4.52. The van der Waals surface area contributed by atoms with Crippen molar-refractivity contribution in [1.82, 2.24) is 10.3 Å². The minimum absolute atomic E-state index is 0.276. The maximum Gasteiger partial charge on any atom is 0.213 e. The number of nitrogens with one attached hydrogen (secondary N) is 1. The summed E-state index contributed by atoms with van der Waals surface area (Å²) in [5.41, 5.74) is 2.47. The van der Waals surface area contributed by atoms with Gasteiger partial charge in [-0.2, -0.15) is 0 Å². The molecule has 4 nitrogen and oxygen atoms in total. The van der Waals surface area contributed by atoms with Crippen LogP contribution in [0.3, 0.4) is 0 Å². The van der Waals surface area contributed by atoms with Gasteiger partial charge in [0.1, 0.15) is 6.67 Å². The smallest absolute Gasteiger partial charge is 0.213 e. The highest BCUT2D eigenvalue weighted by atomic mass is 19.1. The lowest BCUT2D eigenvalue weighted by Gasteiger charge is -2.11. The number of allylic oxidation sites excluding steroid dienone is 4. The van der Waals surface area contributed by atoms with Gasteiger partial charge in [0.2, 0.25) is 5.88 Å². The molecule has 0 aliphatic carbocycles. The van der Waals surface area contributed by atoms with Gasteiger partial charge in [-0.25, -0.2) is 9.37 Å². The Morgan fingerprint density at radius 2 is 2.18 bits per heavy atom. The van der Waals surface area contributed by atoms with Crippen LogP contribution in [0.2, 0.25) is 0 Å². The molecule has 0 spiro atoms. The van der Waals surface area contributed by atoms with Crippen LogP contribution in [0.25, 0.3) is 6.08 Å². The summed E-state index contributed by atoms with van der Waals surface area (Å²) in [5, 5.41) is 11.8. The van der Waals surface area contributed by atoms with Gasteiger partial charge in [0.05, 0.1) is 6.61 Å². The fourth-order valence-corrected chi connectivity index (χ4v) is 1.40. The third-order valence-electron chi connectivity index (χ3n) is 2.73. The molecular formula is C17H21FN2O2. The van der Waals surface area contributed by atoms with Crippen LogP contribution in [0, 0.1) is 0 Å². The van der Waals surface area contributed by atoms with Gasteiger partial charge in [0, 0.05) is 25.0 Å². The summed E-state index contributed by atoms with van der Waals surface area (Å²) in [6.07, 6.45) is 8.09. The number of hydrogen-bond donors (Lipinski definition) is 2. The lowest BCUT2D eigenvalue weighted by Crippen LogP contribution is -2.23. The topological polar surface area (TPSA) is 54.4 Å². The summed E-state index contributed by atoms with van der Waals surface area (Å²) in [6, 6.07) is 3.41. The van der Waals surface area contributed by atoms with Gasteiger partial charge in [-0.3, -0.25) is 0 Å². The quantitative estimate of drug-likeness (QED) is 0.689. The highest BCUT2D eigenvalue weighted by Crippen LogP contribution is 2.12. The Morgan fingerprint density at radius 3 is 2.73 bits per heavy atom. The van der Waals surface area contributed by atoms with Crippen LogP contribution in [0.4, 0.5) is 4.39 Å². The van der Waals surface area contributed by atoms with Gasteiger partial charge >= 0.3 is 0 Å². The fourth-order valence-electron chi connectivity index (χ4n) is 1.40. The van der Waals surface area contributed by atoms with Gasteiger partial charge in [0.15, 0.2) is 6.10 Å². The number of rotatable bonds is 9. The number of aliphatic hydroxyl groups is 1. The first kappa shape index (κ1) is 17.7. The number of alkyl halides is 1. The van der Waals surface area contributed by atoms with Crippen molar-refractivity contribution in [2.75, 3.05) is 20.3 Å². The van der Waals surface area contributed by atoms with Gasteiger partial charge in [0.25, 0.3) is 0 Å². The Bertz CT molecular complexity index is 546. The molecule has 5 heteroatoms. The standard InChI is InChI=1S/C17H21FN2O2/c1-13(4-6-14(2)19-3)5-7-15-8-9-17(20-11-15)22-16(10-18)12-21/h4-9,11,16,19,21H,1-2,10,12H2,3H3/b6-4-,7-5+. The number of aliphatic hydroxyl groups excluding tert-OH is 1. The molecule has 0 aromatic carbocycles. The van der Waals surface area contributed by atoms with Crippen molar-refractivity contribution in [3.05, 3.63) is 66.5 Å². The number of ether oxygens (including phenoxy) is 1. The van der Waals surface area contributed by atoms with Crippen molar-refractivity contribution < 1.29 is 14.2 Å². The third kappa shape index (κ3) is 6.37. The molecule has 1 heterocycles. The fraction of sp³-hybridized carbons (Fsp3) is 0.235. The number of pyridine rings is 1. The van der Waals surface area contributed by atoms with Crippen molar-refractivity contribution in [2.24, 2.45) is 0 Å². The monoisotopic (exact) mass is 304 g/mol. The molecule has 1 unspecified atom stereocenters. The SMILES string of the molecule is C=C(/C=C\C(=C)NC)/C=C/c1ccc(OC(CO)CF)nc1. The largest absolute Gasteiger partial charge is 0.469 e. The Labute approximate surface area is 130 Å². The van der Waals surface area contributed by atoms with E-state index in [0.717, 1.165) is 16.8 Å². The van der Waals surface area contributed by atoms with Crippen molar-refractivity contribution in [3.63, 3.8) is 0 Å². The predicted molar refractivity (Wildman–Crippen MR) is 87.2 cm³/mol. The second kappa shape index (κ2) is 9.52. The maximum absolute atomic E-state index is 12.4. The van der Waals surface area contributed by atoms with Crippen LogP contribution in [-0.2, 0) is 0 Å². The molecule has 1 rings (SSSR count). The van der Waals surface area contributed by atoms with E-state index in [9.17, 15) is 4.39 Å². The summed E-state index contributed by atoms with van der Waals surface area (Å²) in [4.78, 5) is 4.06. The number of aromatic nitrogens is 1. The Morgan fingerprint density at radius 1 is 1.41 bits per heavy atom. The van der Waals surface area contributed by atoms with E-state index >= 15 is 0 Å². The Hall–Kier alpha value is -2.40. The average molecular weight is 304 g/mol. The molecule has 22 heavy (non-hydrogen) atoms. The first-order chi connectivity index (χ1) is 10.6. The first-order valence-corrected chi connectivity index (χ1v) is 6.80. The van der Waals surface area contributed by atoms with Crippen LogP contribution in [0.1, 0.15) is 5.56 Å². The third-order valence-corrected chi connectivity index (χ3v) is 2.73. The number of halogens is 1. The van der Waals surface area contributed by atoms with E-state index in [1.54, 1.807) is 25.4 Å². The van der Waals surface area contributed by atoms with E-state index in [2.05, 4.69) is 23.5 Å². The van der Waals surface area contributed by atoms with E-state index in [4.69, 9.17) is 9.84 Å². The predicted octanol–water partition coefficient (Wildman–Crippen LogP) is 2.65. The van der Waals surface area contributed by atoms with Gasteiger partial charge in [-0.15, -0.1) is 0 Å². The molecule has 1 aromatic heterocycles. The van der Waals surface area contributed by atoms with E-state index in [-0.39, 0.29) is 12.5 Å². The molecule has 0 aliphatic heterocycles. The highest BCUT2D eigenvalue weighted by Gasteiger charge is 2.08. The molecule has 0 saturated carbocycles. The zero-order chi connectivity index (χ0) is 16.4. The van der Waals surface area contributed by atoms with Gasteiger partial charge in [-0.1, -0.05) is 31.4 Å². The Kier molecular flexibility index (Phi) is 7.64. The summed E-state index contributed by atoms with van der Waals surface area (Å²) in [5.74, 6) is 0.276. The molecule has 118 valence electrons. The van der Waals surface area contributed by atoms with Gasteiger partial charge < -0.3 is 15.2 Å². The first-order valence-electron chi connectivity index (χ1n) is 6.80. The molecule has 1 aromatic rings. The molecule has 2 N–H and O–H groups in total. The van der Waals surface area contributed by atoms with E-state index in [1.807, 2.05) is 24.3 Å². The maximum atomic E-state index is 12.4. The second-order valence-corrected chi connectivity index (χ2v) is 4.52. The molecular weight excluding hydrogens is 283 g/mol. The van der Waals surface area contributed by atoms with Crippen molar-refractivity contribution in [1.29, 1.82) is 0 Å². The molecule has 0 bridgehead atoms. The van der Waals surface area contributed by atoms with Crippen LogP contribution >= 0.6 is 0 Å². The molecule has 0 aliphatic rings. The summed E-state index contributed by atoms with van der Waals surface area (Å²) >= 11 is 0. The lowest BCUT2D eigenvalue weighted by atomic mass is 10.2. The normalized spacial score (nSPS) is 12.5. The van der Waals surface area contributed by atoms with Crippen LogP contribution in [0.15, 0.2) is 61.0 Å².